The molecule has 5 heterocycles. The topological polar surface area (TPSA) is 77.3 Å². The van der Waals surface area contributed by atoms with Gasteiger partial charge in [-0.2, -0.15) is 0 Å². The summed E-state index contributed by atoms with van der Waals surface area (Å²) in [5, 5.41) is 3.01. The van der Waals surface area contributed by atoms with Crippen molar-refractivity contribution in [1.82, 2.24) is 24.9 Å². The molecule has 0 saturated carbocycles. The summed E-state index contributed by atoms with van der Waals surface area (Å²) in [5.74, 6) is 7.71. The van der Waals surface area contributed by atoms with Crippen LogP contribution in [0.15, 0.2) is 49.1 Å². The summed E-state index contributed by atoms with van der Waals surface area (Å²) in [5.41, 5.74) is 6.46. The van der Waals surface area contributed by atoms with Crippen molar-refractivity contribution in [3.63, 3.8) is 0 Å². The highest BCUT2D eigenvalue weighted by atomic mass is 15.4. The number of piperidine rings is 2. The molecule has 196 valence electrons. The summed E-state index contributed by atoms with van der Waals surface area (Å²) < 4.78 is 0. The van der Waals surface area contributed by atoms with E-state index in [2.05, 4.69) is 59.1 Å². The molecule has 7 nitrogen and oxygen atoms in total. The lowest BCUT2D eigenvalue weighted by Gasteiger charge is -2.35. The molecular weight excluding hydrogens is 458 g/mol. The fraction of sp³-hybridized carbons (Fsp3) is 0.467. The molecule has 0 unspecified atom stereocenters. The number of nitrogens with one attached hydrogen (secondary N) is 1. The number of aromatic nitrogens is 3. The quantitative estimate of drug-likeness (QED) is 0.254. The van der Waals surface area contributed by atoms with Crippen LogP contribution >= 0.6 is 0 Å². The van der Waals surface area contributed by atoms with Crippen molar-refractivity contribution in [2.75, 3.05) is 37.6 Å². The Kier molecular flexibility index (Phi) is 7.91. The normalized spacial score (nSPS) is 18.3. The van der Waals surface area contributed by atoms with E-state index in [1.165, 1.54) is 24.8 Å². The molecule has 5 rings (SSSR count). The van der Waals surface area contributed by atoms with Crippen molar-refractivity contribution in [2.45, 2.75) is 58.9 Å². The molecule has 2 saturated heterocycles. The van der Waals surface area contributed by atoms with Crippen LogP contribution in [0.2, 0.25) is 0 Å². The molecule has 0 spiro atoms. The third-order valence-electron chi connectivity index (χ3n) is 7.94. The Morgan fingerprint density at radius 2 is 1.81 bits per heavy atom. The Balaban J connectivity index is 1.43. The maximum absolute atomic E-state index is 6.60. The molecule has 7 heteroatoms. The number of hydrogen-bond donors (Lipinski definition) is 2. The smallest absolute Gasteiger partial charge is 0.137 e. The first-order valence-corrected chi connectivity index (χ1v) is 13.9. The minimum absolute atomic E-state index is 0.356. The number of hydrazine groups is 1. The van der Waals surface area contributed by atoms with E-state index >= 15 is 0 Å². The van der Waals surface area contributed by atoms with Crippen LogP contribution in [0.5, 0.6) is 0 Å². The van der Waals surface area contributed by atoms with Crippen LogP contribution in [0, 0.1) is 6.92 Å². The number of anilines is 1. The summed E-state index contributed by atoms with van der Waals surface area (Å²) in [6, 6.07) is 4.83. The lowest BCUT2D eigenvalue weighted by atomic mass is 10.0. The number of nitrogens with zero attached hydrogens (tertiary/aromatic N) is 5. The summed E-state index contributed by atoms with van der Waals surface area (Å²) in [6.45, 7) is 12.0. The number of nitrogens with two attached hydrogens (primary N) is 1. The SMILES string of the molecule is C/C=C/C(=C\N(N)C1CCN(CC)CC1)c1c[nH]c2ncc(-c3cnc(N4CCCCC4)c(C)c3)cc12. The summed E-state index contributed by atoms with van der Waals surface area (Å²) in [4.78, 5) is 17.9. The molecule has 3 aromatic heterocycles. The Bertz CT molecular complexity index is 1260. The van der Waals surface area contributed by atoms with Gasteiger partial charge in [0.2, 0.25) is 0 Å². The number of aromatic amines is 1. The Morgan fingerprint density at radius 3 is 2.51 bits per heavy atom. The highest BCUT2D eigenvalue weighted by Crippen LogP contribution is 2.31. The lowest BCUT2D eigenvalue weighted by molar-refractivity contribution is 0.147. The molecule has 2 fully saturated rings. The van der Waals surface area contributed by atoms with E-state index in [0.717, 1.165) is 84.7 Å². The summed E-state index contributed by atoms with van der Waals surface area (Å²) in [7, 11) is 0. The fourth-order valence-electron chi connectivity index (χ4n) is 5.74. The van der Waals surface area contributed by atoms with Crippen molar-refractivity contribution < 1.29 is 0 Å². The van der Waals surface area contributed by atoms with Crippen LogP contribution in [-0.2, 0) is 0 Å². The number of hydrogen-bond acceptors (Lipinski definition) is 6. The van der Waals surface area contributed by atoms with E-state index in [0.29, 0.717) is 6.04 Å². The van der Waals surface area contributed by atoms with Gasteiger partial charge in [0.05, 0.1) is 0 Å². The highest BCUT2D eigenvalue weighted by Gasteiger charge is 2.21. The first-order chi connectivity index (χ1) is 18.1. The predicted molar refractivity (Wildman–Crippen MR) is 154 cm³/mol. The van der Waals surface area contributed by atoms with Crippen molar-refractivity contribution in [3.05, 3.63) is 60.2 Å². The Morgan fingerprint density at radius 1 is 1.08 bits per heavy atom. The molecule has 0 aromatic carbocycles. The maximum Gasteiger partial charge on any atom is 0.137 e. The van der Waals surface area contributed by atoms with E-state index in [4.69, 9.17) is 15.8 Å². The molecule has 0 atom stereocenters. The second-order valence-electron chi connectivity index (χ2n) is 10.4. The molecule has 3 aromatic rings. The number of pyridine rings is 2. The predicted octanol–water partition coefficient (Wildman–Crippen LogP) is 5.50. The molecule has 2 aliphatic rings. The van der Waals surface area contributed by atoms with Crippen molar-refractivity contribution in [1.29, 1.82) is 0 Å². The molecule has 2 aliphatic heterocycles. The molecule has 0 aliphatic carbocycles. The van der Waals surface area contributed by atoms with Crippen LogP contribution in [-0.4, -0.2) is 63.6 Å². The largest absolute Gasteiger partial charge is 0.356 e. The zero-order chi connectivity index (χ0) is 25.8. The molecule has 0 radical (unpaired) electrons. The van der Waals surface area contributed by atoms with Gasteiger partial charge < -0.3 is 19.8 Å². The van der Waals surface area contributed by atoms with Gasteiger partial charge in [0.1, 0.15) is 11.5 Å². The number of rotatable bonds is 7. The van der Waals surface area contributed by atoms with Crippen molar-refractivity contribution >= 4 is 22.4 Å². The second kappa shape index (κ2) is 11.5. The number of H-pyrrole nitrogens is 1. The van der Waals surface area contributed by atoms with Crippen LogP contribution in [0.25, 0.3) is 27.7 Å². The summed E-state index contributed by atoms with van der Waals surface area (Å²) in [6.07, 6.45) is 18.3. The molecule has 0 amide bonds. The van der Waals surface area contributed by atoms with Gasteiger partial charge in [-0.05, 0) is 70.2 Å². The third-order valence-corrected chi connectivity index (χ3v) is 7.94. The first-order valence-electron chi connectivity index (χ1n) is 13.9. The average molecular weight is 500 g/mol. The van der Waals surface area contributed by atoms with Crippen molar-refractivity contribution in [2.24, 2.45) is 5.84 Å². The van der Waals surface area contributed by atoms with E-state index < -0.39 is 0 Å². The van der Waals surface area contributed by atoms with Crippen LogP contribution in [0.3, 0.4) is 0 Å². The maximum atomic E-state index is 6.60. The standard InChI is InChI=1S/C30H41N7/c1-4-9-23(21-37(31)26-10-14-35(5-2)15-11-26)28-20-33-29-27(28)17-25(18-32-29)24-16-22(3)30(34-19-24)36-12-7-6-8-13-36/h4,9,16-21,26H,5-8,10-15,31H2,1-3H3,(H,32,33)/b9-4+,23-21+. The van der Waals surface area contributed by atoms with Gasteiger partial charge in [-0.25, -0.2) is 15.8 Å². The van der Waals surface area contributed by atoms with E-state index in [9.17, 15) is 0 Å². The van der Waals surface area contributed by atoms with Crippen LogP contribution in [0.4, 0.5) is 5.82 Å². The van der Waals surface area contributed by atoms with E-state index in [1.807, 2.05) is 30.5 Å². The van der Waals surface area contributed by atoms with Gasteiger partial charge in [0, 0.05) is 84.7 Å². The Hall–Kier alpha value is -3.16. The van der Waals surface area contributed by atoms with Gasteiger partial charge >= 0.3 is 0 Å². The van der Waals surface area contributed by atoms with Crippen molar-refractivity contribution in [3.8, 4) is 11.1 Å². The number of allylic oxidation sites excluding steroid dienone is 3. The van der Waals surface area contributed by atoms with Gasteiger partial charge in [-0.1, -0.05) is 19.1 Å². The number of aryl methyl sites for hydroxylation is 1. The van der Waals surface area contributed by atoms with Crippen LogP contribution < -0.4 is 10.7 Å². The molecule has 37 heavy (non-hydrogen) atoms. The number of fused-ring (bicyclic) bond motifs is 1. The third kappa shape index (κ3) is 5.58. The first kappa shape index (κ1) is 25.5. The van der Waals surface area contributed by atoms with Gasteiger partial charge in [0.15, 0.2) is 0 Å². The van der Waals surface area contributed by atoms with Gasteiger partial charge in [-0.15, -0.1) is 0 Å². The van der Waals surface area contributed by atoms with E-state index in [-0.39, 0.29) is 0 Å². The Labute approximate surface area is 221 Å². The molecule has 0 bridgehead atoms. The minimum atomic E-state index is 0.356. The van der Waals surface area contributed by atoms with E-state index in [1.54, 1.807) is 0 Å². The molecule has 3 N–H and O–H groups in total. The lowest BCUT2D eigenvalue weighted by Crippen LogP contribution is -2.45. The summed E-state index contributed by atoms with van der Waals surface area (Å²) >= 11 is 0. The highest BCUT2D eigenvalue weighted by molar-refractivity contribution is 5.95. The minimum Gasteiger partial charge on any atom is -0.356 e. The fourth-order valence-corrected chi connectivity index (χ4v) is 5.74. The van der Waals surface area contributed by atoms with Gasteiger partial charge in [-0.3, -0.25) is 0 Å². The average Bonchev–Trinajstić information content (AvgIpc) is 3.36. The number of likely N-dealkylation sites (tertiary alicyclic amines) is 1. The monoisotopic (exact) mass is 499 g/mol. The van der Waals surface area contributed by atoms with Crippen LogP contribution in [0.1, 0.15) is 57.1 Å². The van der Waals surface area contributed by atoms with Gasteiger partial charge in [0.25, 0.3) is 0 Å². The zero-order valence-electron chi connectivity index (χ0n) is 22.6. The zero-order valence-corrected chi connectivity index (χ0v) is 22.6. The molecular formula is C30H41N7. The second-order valence-corrected chi connectivity index (χ2v) is 10.4.